The van der Waals surface area contributed by atoms with Crippen LogP contribution in [-0.2, 0) is 4.74 Å². The number of aromatic amines is 1. The molecule has 0 aromatic carbocycles. The van der Waals surface area contributed by atoms with E-state index in [1.54, 1.807) is 0 Å². The average Bonchev–Trinajstić information content (AvgIpc) is 2.32. The maximum atomic E-state index is 11.3. The first-order valence-corrected chi connectivity index (χ1v) is 6.33. The Labute approximate surface area is 107 Å². The van der Waals surface area contributed by atoms with E-state index in [2.05, 4.69) is 9.97 Å². The maximum Gasteiger partial charge on any atom is 0.268 e. The van der Waals surface area contributed by atoms with Crippen molar-refractivity contribution in [3.05, 3.63) is 20.3 Å². The number of aromatic nitrogens is 2. The van der Waals surface area contributed by atoms with Gasteiger partial charge in [-0.05, 0) is 41.9 Å². The zero-order valence-corrected chi connectivity index (χ0v) is 10.9. The second kappa shape index (κ2) is 5.62. The van der Waals surface area contributed by atoms with E-state index in [1.807, 2.05) is 22.6 Å². The predicted octanol–water partition coefficient (Wildman–Crippen LogP) is 1.32. The van der Waals surface area contributed by atoms with Gasteiger partial charge in [-0.15, -0.1) is 0 Å². The summed E-state index contributed by atoms with van der Waals surface area (Å²) < 4.78 is 11.5. The molecule has 88 valence electrons. The summed E-state index contributed by atoms with van der Waals surface area (Å²) in [4.78, 5) is 17.8. The second-order valence-electron chi connectivity index (χ2n) is 3.65. The first-order chi connectivity index (χ1) is 7.77. The van der Waals surface area contributed by atoms with Crippen molar-refractivity contribution in [2.24, 2.45) is 0 Å². The van der Waals surface area contributed by atoms with E-state index in [0.717, 1.165) is 19.4 Å². The van der Waals surface area contributed by atoms with E-state index in [9.17, 15) is 4.79 Å². The molecule has 1 N–H and O–H groups in total. The molecule has 0 amide bonds. The minimum Gasteiger partial charge on any atom is -0.474 e. The Bertz CT molecular complexity index is 401. The summed E-state index contributed by atoms with van der Waals surface area (Å²) in [5.74, 6) is 0.388. The van der Waals surface area contributed by atoms with Gasteiger partial charge >= 0.3 is 0 Å². The third-order valence-corrected chi connectivity index (χ3v) is 3.40. The molecule has 1 atom stereocenters. The van der Waals surface area contributed by atoms with Crippen molar-refractivity contribution in [2.75, 3.05) is 13.2 Å². The summed E-state index contributed by atoms with van der Waals surface area (Å²) in [5.41, 5.74) is -0.171. The highest BCUT2D eigenvalue weighted by molar-refractivity contribution is 14.1. The molecule has 0 bridgehead atoms. The van der Waals surface area contributed by atoms with Gasteiger partial charge in [0, 0.05) is 6.61 Å². The highest BCUT2D eigenvalue weighted by Crippen LogP contribution is 2.16. The van der Waals surface area contributed by atoms with Crippen LogP contribution >= 0.6 is 22.6 Å². The summed E-state index contributed by atoms with van der Waals surface area (Å²) in [5, 5.41) is 0. The van der Waals surface area contributed by atoms with Crippen LogP contribution < -0.4 is 10.3 Å². The number of halogens is 1. The lowest BCUT2D eigenvalue weighted by Crippen LogP contribution is -2.26. The van der Waals surface area contributed by atoms with Crippen LogP contribution in [0.2, 0.25) is 0 Å². The lowest BCUT2D eigenvalue weighted by Gasteiger charge is -2.22. The standard InChI is InChI=1S/C10H13IN2O3/c11-8-9(14)12-6-13-10(8)16-5-7-3-1-2-4-15-7/h6-7H,1-5H2,(H,12,13,14). The van der Waals surface area contributed by atoms with Gasteiger partial charge in [-0.25, -0.2) is 4.98 Å². The summed E-state index contributed by atoms with van der Waals surface area (Å²) in [6.07, 6.45) is 4.79. The smallest absolute Gasteiger partial charge is 0.268 e. The molecule has 1 fully saturated rings. The molecule has 0 aliphatic carbocycles. The Morgan fingerprint density at radius 3 is 3.25 bits per heavy atom. The summed E-state index contributed by atoms with van der Waals surface area (Å²) >= 11 is 1.93. The molecule has 1 aromatic rings. The maximum absolute atomic E-state index is 11.3. The number of nitrogens with one attached hydrogen (secondary N) is 1. The number of rotatable bonds is 3. The number of hydrogen-bond acceptors (Lipinski definition) is 4. The van der Waals surface area contributed by atoms with Gasteiger partial charge in [0.1, 0.15) is 10.2 Å². The van der Waals surface area contributed by atoms with Crippen molar-refractivity contribution in [3.8, 4) is 5.88 Å². The van der Waals surface area contributed by atoms with Gasteiger partial charge in [0.2, 0.25) is 5.88 Å². The molecule has 1 unspecified atom stereocenters. The van der Waals surface area contributed by atoms with E-state index in [0.29, 0.717) is 16.1 Å². The molecule has 1 aromatic heterocycles. The molecule has 1 aliphatic rings. The van der Waals surface area contributed by atoms with Crippen molar-refractivity contribution >= 4 is 22.6 Å². The van der Waals surface area contributed by atoms with E-state index in [4.69, 9.17) is 9.47 Å². The van der Waals surface area contributed by atoms with Gasteiger partial charge in [0.25, 0.3) is 5.56 Å². The van der Waals surface area contributed by atoms with Gasteiger partial charge in [-0.1, -0.05) is 0 Å². The second-order valence-corrected chi connectivity index (χ2v) is 4.73. The van der Waals surface area contributed by atoms with E-state index in [1.165, 1.54) is 12.7 Å². The van der Waals surface area contributed by atoms with Crippen LogP contribution in [0.1, 0.15) is 19.3 Å². The van der Waals surface area contributed by atoms with Crippen LogP contribution in [0.4, 0.5) is 0 Å². The van der Waals surface area contributed by atoms with Crippen molar-refractivity contribution in [3.63, 3.8) is 0 Å². The molecule has 0 spiro atoms. The van der Waals surface area contributed by atoms with Crippen molar-refractivity contribution in [1.29, 1.82) is 0 Å². The Hall–Kier alpha value is -0.630. The van der Waals surface area contributed by atoms with Gasteiger partial charge in [0.15, 0.2) is 0 Å². The van der Waals surface area contributed by atoms with Gasteiger partial charge in [0.05, 0.1) is 12.4 Å². The van der Waals surface area contributed by atoms with Crippen LogP contribution in [0.3, 0.4) is 0 Å². The fraction of sp³-hybridized carbons (Fsp3) is 0.600. The Morgan fingerprint density at radius 2 is 2.50 bits per heavy atom. The lowest BCUT2D eigenvalue weighted by atomic mass is 10.1. The minimum atomic E-state index is -0.171. The number of H-pyrrole nitrogens is 1. The molecule has 2 heterocycles. The monoisotopic (exact) mass is 336 g/mol. The first-order valence-electron chi connectivity index (χ1n) is 5.25. The predicted molar refractivity (Wildman–Crippen MR) is 66.7 cm³/mol. The molecule has 2 rings (SSSR count). The largest absolute Gasteiger partial charge is 0.474 e. The molecular weight excluding hydrogens is 323 g/mol. The van der Waals surface area contributed by atoms with E-state index < -0.39 is 0 Å². The van der Waals surface area contributed by atoms with Crippen LogP contribution in [0.15, 0.2) is 11.1 Å². The van der Waals surface area contributed by atoms with Gasteiger partial charge in [-0.3, -0.25) is 4.79 Å². The summed E-state index contributed by atoms with van der Waals surface area (Å²) in [6.45, 7) is 1.26. The topological polar surface area (TPSA) is 64.2 Å². The van der Waals surface area contributed by atoms with E-state index >= 15 is 0 Å². The first kappa shape index (κ1) is 11.8. The molecule has 1 saturated heterocycles. The molecule has 6 heteroatoms. The van der Waals surface area contributed by atoms with Crippen molar-refractivity contribution in [2.45, 2.75) is 25.4 Å². The highest BCUT2D eigenvalue weighted by atomic mass is 127. The quantitative estimate of drug-likeness (QED) is 0.846. The average molecular weight is 336 g/mol. The molecule has 0 saturated carbocycles. The van der Waals surface area contributed by atoms with Crippen molar-refractivity contribution in [1.82, 2.24) is 9.97 Å². The fourth-order valence-electron chi connectivity index (χ4n) is 1.58. The Balaban J connectivity index is 1.93. The molecular formula is C10H13IN2O3. The van der Waals surface area contributed by atoms with Gasteiger partial charge in [-0.2, -0.15) is 0 Å². The number of ether oxygens (including phenoxy) is 2. The number of nitrogens with zero attached hydrogens (tertiary/aromatic N) is 1. The van der Waals surface area contributed by atoms with Crippen LogP contribution in [-0.4, -0.2) is 29.3 Å². The van der Waals surface area contributed by atoms with Crippen LogP contribution in [0.5, 0.6) is 5.88 Å². The van der Waals surface area contributed by atoms with Crippen molar-refractivity contribution < 1.29 is 9.47 Å². The molecule has 5 nitrogen and oxygen atoms in total. The molecule has 16 heavy (non-hydrogen) atoms. The Morgan fingerprint density at radius 1 is 1.62 bits per heavy atom. The summed E-state index contributed by atoms with van der Waals surface area (Å²) in [7, 11) is 0. The third kappa shape index (κ3) is 2.94. The SMILES string of the molecule is O=c1[nH]cnc(OCC2CCCCO2)c1I. The zero-order valence-electron chi connectivity index (χ0n) is 8.74. The fourth-order valence-corrected chi connectivity index (χ4v) is 2.03. The Kier molecular flexibility index (Phi) is 4.16. The minimum absolute atomic E-state index is 0.130. The van der Waals surface area contributed by atoms with Crippen LogP contribution in [0, 0.1) is 3.57 Å². The molecule has 0 radical (unpaired) electrons. The zero-order chi connectivity index (χ0) is 11.4. The highest BCUT2D eigenvalue weighted by Gasteiger charge is 2.16. The lowest BCUT2D eigenvalue weighted by molar-refractivity contribution is -0.0121. The normalized spacial score (nSPS) is 20.7. The number of hydrogen-bond donors (Lipinski definition) is 1. The van der Waals surface area contributed by atoms with E-state index in [-0.39, 0.29) is 11.7 Å². The molecule has 1 aliphatic heterocycles. The third-order valence-electron chi connectivity index (χ3n) is 2.44. The van der Waals surface area contributed by atoms with Gasteiger partial charge < -0.3 is 14.5 Å². The summed E-state index contributed by atoms with van der Waals surface area (Å²) in [6, 6.07) is 0. The van der Waals surface area contributed by atoms with Crippen LogP contribution in [0.25, 0.3) is 0 Å².